The summed E-state index contributed by atoms with van der Waals surface area (Å²) in [7, 11) is -3.99. The summed E-state index contributed by atoms with van der Waals surface area (Å²) in [4.78, 5) is 16.5. The molecule has 0 aromatic heterocycles. The van der Waals surface area contributed by atoms with Gasteiger partial charge in [-0.1, -0.05) is 6.92 Å². The van der Waals surface area contributed by atoms with Crippen LogP contribution in [0.5, 0.6) is 0 Å². The molecule has 4 nitrogen and oxygen atoms in total. The fraction of sp³-hybridized carbons (Fsp3) is 1.00. The van der Waals surface area contributed by atoms with Crippen molar-refractivity contribution >= 4 is 7.60 Å². The zero-order valence-corrected chi connectivity index (χ0v) is 6.08. The van der Waals surface area contributed by atoms with Gasteiger partial charge in [0.1, 0.15) is 0 Å². The topological polar surface area (TPSA) is 77.8 Å². The minimum atomic E-state index is -3.99. The van der Waals surface area contributed by atoms with E-state index in [-0.39, 0.29) is 0 Å². The van der Waals surface area contributed by atoms with E-state index in [1.54, 1.807) is 6.92 Å². The molecule has 9 heavy (non-hydrogen) atoms. The van der Waals surface area contributed by atoms with Crippen LogP contribution in [-0.2, 0) is 4.57 Å². The number of aliphatic hydroxyl groups excluding tert-OH is 1. The van der Waals surface area contributed by atoms with Crippen LogP contribution in [0.2, 0.25) is 0 Å². The highest BCUT2D eigenvalue weighted by Crippen LogP contribution is 2.35. The van der Waals surface area contributed by atoms with E-state index >= 15 is 0 Å². The Balaban J connectivity index is 3.60. The average Bonchev–Trinajstić information content (AvgIpc) is 1.62. The Morgan fingerprint density at radius 3 is 2.11 bits per heavy atom. The molecule has 0 rings (SSSR count). The lowest BCUT2D eigenvalue weighted by molar-refractivity contribution is 0.185. The van der Waals surface area contributed by atoms with Gasteiger partial charge in [0, 0.05) is 0 Å². The molecular formula is C4H11O4P. The lowest BCUT2D eigenvalue weighted by Gasteiger charge is -2.07. The average molecular weight is 154 g/mol. The highest BCUT2D eigenvalue weighted by atomic mass is 31.2. The molecule has 0 spiro atoms. The van der Waals surface area contributed by atoms with Crippen molar-refractivity contribution in [2.24, 2.45) is 0 Å². The molecule has 1 atom stereocenters. The van der Waals surface area contributed by atoms with Gasteiger partial charge in [0.15, 0.2) is 0 Å². The predicted octanol–water partition coefficient (Wildman–Crippen LogP) is -0.0650. The molecule has 0 amide bonds. The Hall–Kier alpha value is 0.110. The van der Waals surface area contributed by atoms with Gasteiger partial charge in [0.2, 0.25) is 0 Å². The first-order chi connectivity index (χ1) is 3.95. The van der Waals surface area contributed by atoms with Crippen molar-refractivity contribution in [3.63, 3.8) is 0 Å². The molecule has 0 saturated carbocycles. The second-order valence-corrected chi connectivity index (χ2v) is 3.60. The number of hydrogen-bond donors (Lipinski definition) is 3. The van der Waals surface area contributed by atoms with Gasteiger partial charge in [-0.05, 0) is 6.42 Å². The summed E-state index contributed by atoms with van der Waals surface area (Å²) < 4.78 is 10.1. The number of rotatable bonds is 3. The first kappa shape index (κ1) is 9.11. The van der Waals surface area contributed by atoms with E-state index in [1.807, 2.05) is 0 Å². The third kappa shape index (κ3) is 5.99. The minimum Gasteiger partial charge on any atom is -0.392 e. The van der Waals surface area contributed by atoms with Gasteiger partial charge in [0.05, 0.1) is 12.3 Å². The Bertz CT molecular complexity index is 118. The minimum absolute atomic E-state index is 0.380. The number of hydrogen-bond acceptors (Lipinski definition) is 2. The first-order valence-electron chi connectivity index (χ1n) is 2.68. The van der Waals surface area contributed by atoms with E-state index in [4.69, 9.17) is 14.9 Å². The monoisotopic (exact) mass is 154 g/mol. The summed E-state index contributed by atoms with van der Waals surface area (Å²) in [5, 5.41) is 8.70. The molecule has 0 aliphatic rings. The molecule has 0 fully saturated rings. The molecule has 3 N–H and O–H groups in total. The van der Waals surface area contributed by atoms with Crippen molar-refractivity contribution in [3.05, 3.63) is 0 Å². The van der Waals surface area contributed by atoms with Gasteiger partial charge in [-0.25, -0.2) is 0 Å². The van der Waals surface area contributed by atoms with E-state index < -0.39 is 19.9 Å². The third-order valence-corrected chi connectivity index (χ3v) is 1.82. The Labute approximate surface area is 53.7 Å². The van der Waals surface area contributed by atoms with Gasteiger partial charge in [-0.15, -0.1) is 0 Å². The molecule has 0 radical (unpaired) electrons. The molecule has 0 heterocycles. The lowest BCUT2D eigenvalue weighted by Crippen LogP contribution is -2.10. The largest absolute Gasteiger partial charge is 0.392 e. The predicted molar refractivity (Wildman–Crippen MR) is 33.2 cm³/mol. The highest BCUT2D eigenvalue weighted by Gasteiger charge is 2.17. The van der Waals surface area contributed by atoms with Crippen LogP contribution in [0.15, 0.2) is 0 Å². The smallest absolute Gasteiger partial charge is 0.328 e. The lowest BCUT2D eigenvalue weighted by atomic mass is 10.3. The Morgan fingerprint density at radius 1 is 1.56 bits per heavy atom. The van der Waals surface area contributed by atoms with Crippen molar-refractivity contribution in [2.75, 3.05) is 6.16 Å². The van der Waals surface area contributed by atoms with Crippen molar-refractivity contribution in [1.82, 2.24) is 0 Å². The molecule has 0 aliphatic carbocycles. The quantitative estimate of drug-likeness (QED) is 0.497. The molecule has 0 bridgehead atoms. The van der Waals surface area contributed by atoms with E-state index in [0.717, 1.165) is 0 Å². The van der Waals surface area contributed by atoms with Crippen molar-refractivity contribution in [1.29, 1.82) is 0 Å². The maximum Gasteiger partial charge on any atom is 0.328 e. The van der Waals surface area contributed by atoms with Gasteiger partial charge in [-0.2, -0.15) is 0 Å². The highest BCUT2D eigenvalue weighted by molar-refractivity contribution is 7.51. The van der Waals surface area contributed by atoms with E-state index in [9.17, 15) is 4.57 Å². The maximum atomic E-state index is 10.1. The zero-order valence-electron chi connectivity index (χ0n) is 5.19. The fourth-order valence-electron chi connectivity index (χ4n) is 0.404. The second-order valence-electron chi connectivity index (χ2n) is 1.91. The SMILES string of the molecule is CCC(O)CP(=O)(O)O. The number of aliphatic hydroxyl groups is 1. The fourth-order valence-corrected chi connectivity index (χ4v) is 1.21. The van der Waals surface area contributed by atoms with E-state index in [2.05, 4.69) is 0 Å². The van der Waals surface area contributed by atoms with Crippen LogP contribution in [0.4, 0.5) is 0 Å². The van der Waals surface area contributed by atoms with Crippen molar-refractivity contribution in [2.45, 2.75) is 19.4 Å². The summed E-state index contributed by atoms with van der Waals surface area (Å²) in [5.41, 5.74) is 0. The second kappa shape index (κ2) is 3.32. The van der Waals surface area contributed by atoms with Gasteiger partial charge < -0.3 is 14.9 Å². The van der Waals surface area contributed by atoms with Crippen molar-refractivity contribution < 1.29 is 19.5 Å². The first-order valence-corrected chi connectivity index (χ1v) is 4.48. The summed E-state index contributed by atoms with van der Waals surface area (Å²) >= 11 is 0. The summed E-state index contributed by atoms with van der Waals surface area (Å²) in [6.07, 6.45) is -0.917. The third-order valence-electron chi connectivity index (χ3n) is 0.920. The standard InChI is InChI=1S/C4H11O4P/c1-2-4(5)3-9(6,7)8/h4-5H,2-3H2,1H3,(H2,6,7,8). The van der Waals surface area contributed by atoms with Crippen LogP contribution in [-0.4, -0.2) is 27.2 Å². The van der Waals surface area contributed by atoms with Crippen LogP contribution in [0.1, 0.15) is 13.3 Å². The molecule has 1 unspecified atom stereocenters. The molecule has 56 valence electrons. The van der Waals surface area contributed by atoms with E-state index in [1.165, 1.54) is 0 Å². The zero-order chi connectivity index (χ0) is 7.49. The van der Waals surface area contributed by atoms with Crippen LogP contribution in [0, 0.1) is 0 Å². The molecular weight excluding hydrogens is 143 g/mol. The van der Waals surface area contributed by atoms with Crippen LogP contribution in [0.25, 0.3) is 0 Å². The van der Waals surface area contributed by atoms with Gasteiger partial charge in [0.25, 0.3) is 0 Å². The summed E-state index contributed by atoms with van der Waals surface area (Å²) in [6, 6.07) is 0. The summed E-state index contributed by atoms with van der Waals surface area (Å²) in [5.74, 6) is 0. The molecule has 0 saturated heterocycles. The normalized spacial score (nSPS) is 15.6. The molecule has 5 heteroatoms. The maximum absolute atomic E-state index is 10.1. The molecule has 0 aliphatic heterocycles. The van der Waals surface area contributed by atoms with Crippen molar-refractivity contribution in [3.8, 4) is 0 Å². The summed E-state index contributed by atoms with van der Waals surface area (Å²) in [6.45, 7) is 1.67. The Morgan fingerprint density at radius 2 is 2.00 bits per heavy atom. The van der Waals surface area contributed by atoms with Crippen LogP contribution < -0.4 is 0 Å². The van der Waals surface area contributed by atoms with Crippen LogP contribution >= 0.6 is 7.60 Å². The molecule has 0 aromatic carbocycles. The Kier molecular flexibility index (Phi) is 3.36. The van der Waals surface area contributed by atoms with Gasteiger partial charge in [-0.3, -0.25) is 4.57 Å². The molecule has 0 aromatic rings. The van der Waals surface area contributed by atoms with Crippen LogP contribution in [0.3, 0.4) is 0 Å². The van der Waals surface area contributed by atoms with E-state index in [0.29, 0.717) is 6.42 Å². The van der Waals surface area contributed by atoms with Gasteiger partial charge >= 0.3 is 7.60 Å².